The van der Waals surface area contributed by atoms with Gasteiger partial charge in [0.05, 0.1) is 0 Å². The number of rotatable bonds is 3. The van der Waals surface area contributed by atoms with Crippen LogP contribution in [0.25, 0.3) is 6.08 Å². The van der Waals surface area contributed by atoms with Gasteiger partial charge >= 0.3 is 0 Å². The van der Waals surface area contributed by atoms with Gasteiger partial charge in [-0.25, -0.2) is 4.39 Å². The molecular weight excluding hydrogens is 211 g/mol. The van der Waals surface area contributed by atoms with E-state index < -0.39 is 0 Å². The highest BCUT2D eigenvalue weighted by Crippen LogP contribution is 2.19. The molecule has 0 bridgehead atoms. The fourth-order valence-electron chi connectivity index (χ4n) is 1.33. The molecule has 0 unspecified atom stereocenters. The Hall–Kier alpha value is -0.820. The van der Waals surface area contributed by atoms with Crippen molar-refractivity contribution in [2.24, 2.45) is 5.92 Å². The van der Waals surface area contributed by atoms with E-state index in [0.29, 0.717) is 11.8 Å². The van der Waals surface area contributed by atoms with Gasteiger partial charge in [-0.1, -0.05) is 31.6 Å². The van der Waals surface area contributed by atoms with Crippen LogP contribution in [-0.4, -0.2) is 5.88 Å². The lowest BCUT2D eigenvalue weighted by atomic mass is 10.00. The topological polar surface area (TPSA) is 0 Å². The second-order valence-corrected chi connectivity index (χ2v) is 4.28. The lowest BCUT2D eigenvalue weighted by Gasteiger charge is -2.09. The van der Waals surface area contributed by atoms with Gasteiger partial charge in [-0.3, -0.25) is 0 Å². The van der Waals surface area contributed by atoms with Gasteiger partial charge < -0.3 is 0 Å². The molecule has 1 rings (SSSR count). The van der Waals surface area contributed by atoms with Gasteiger partial charge in [0, 0.05) is 5.88 Å². The van der Waals surface area contributed by atoms with Crippen molar-refractivity contribution in [3.05, 3.63) is 40.7 Å². The molecule has 0 aromatic heterocycles. The molecule has 1 aromatic rings. The third-order valence-corrected chi connectivity index (χ3v) is 2.79. The molecule has 0 aliphatic heterocycles. The van der Waals surface area contributed by atoms with E-state index in [-0.39, 0.29) is 5.82 Å². The minimum absolute atomic E-state index is 0.204. The van der Waals surface area contributed by atoms with Gasteiger partial charge in [0.1, 0.15) is 5.82 Å². The maximum atomic E-state index is 13.0. The summed E-state index contributed by atoms with van der Waals surface area (Å²) in [5.74, 6) is 0.683. The highest BCUT2D eigenvalue weighted by molar-refractivity contribution is 6.19. The van der Waals surface area contributed by atoms with Crippen LogP contribution in [0.2, 0.25) is 0 Å². The van der Waals surface area contributed by atoms with E-state index >= 15 is 0 Å². The molecule has 0 aliphatic rings. The van der Waals surface area contributed by atoms with Crippen LogP contribution in [0.3, 0.4) is 0 Å². The fourth-order valence-corrected chi connectivity index (χ4v) is 1.71. The summed E-state index contributed by atoms with van der Waals surface area (Å²) in [7, 11) is 0. The summed E-state index contributed by atoms with van der Waals surface area (Å²) in [4.78, 5) is 0. The third-order valence-electron chi connectivity index (χ3n) is 2.48. The summed E-state index contributed by atoms with van der Waals surface area (Å²) in [5, 5.41) is 0. The Bertz CT molecular complexity index is 367. The molecule has 15 heavy (non-hydrogen) atoms. The van der Waals surface area contributed by atoms with Crippen LogP contribution < -0.4 is 0 Å². The van der Waals surface area contributed by atoms with Crippen LogP contribution in [0.5, 0.6) is 0 Å². The number of halogens is 2. The molecule has 0 radical (unpaired) electrons. The molecule has 0 heterocycles. The first-order valence-electron chi connectivity index (χ1n) is 5.07. The minimum Gasteiger partial charge on any atom is -0.207 e. The second kappa shape index (κ2) is 5.32. The summed E-state index contributed by atoms with van der Waals surface area (Å²) in [6.45, 7) is 6.14. The molecular formula is C13H16ClF. The van der Waals surface area contributed by atoms with Crippen molar-refractivity contribution in [2.75, 3.05) is 5.88 Å². The molecule has 0 amide bonds. The number of alkyl halides is 1. The van der Waals surface area contributed by atoms with Crippen LogP contribution in [-0.2, 0) is 0 Å². The van der Waals surface area contributed by atoms with Crippen LogP contribution in [0, 0.1) is 18.7 Å². The molecule has 1 aromatic carbocycles. The van der Waals surface area contributed by atoms with E-state index in [0.717, 1.165) is 16.7 Å². The Morgan fingerprint density at radius 3 is 2.67 bits per heavy atom. The van der Waals surface area contributed by atoms with Crippen molar-refractivity contribution in [3.63, 3.8) is 0 Å². The molecule has 0 atom stereocenters. The maximum absolute atomic E-state index is 13.0. The van der Waals surface area contributed by atoms with Crippen LogP contribution in [0.4, 0.5) is 4.39 Å². The van der Waals surface area contributed by atoms with Gasteiger partial charge in [-0.05, 0) is 36.1 Å². The lowest BCUT2D eigenvalue weighted by Crippen LogP contribution is -1.96. The number of aryl methyl sites for hydroxylation is 1. The first-order valence-corrected chi connectivity index (χ1v) is 5.60. The molecule has 2 heteroatoms. The second-order valence-electron chi connectivity index (χ2n) is 4.01. The van der Waals surface area contributed by atoms with E-state index in [1.165, 1.54) is 6.07 Å². The monoisotopic (exact) mass is 226 g/mol. The normalized spacial score (nSPS) is 12.3. The third kappa shape index (κ3) is 3.35. The Labute approximate surface area is 95.8 Å². The average Bonchev–Trinajstić information content (AvgIpc) is 2.18. The van der Waals surface area contributed by atoms with E-state index in [4.69, 9.17) is 11.6 Å². The van der Waals surface area contributed by atoms with Crippen LogP contribution >= 0.6 is 11.6 Å². The van der Waals surface area contributed by atoms with Gasteiger partial charge in [0.15, 0.2) is 0 Å². The van der Waals surface area contributed by atoms with E-state index in [9.17, 15) is 4.39 Å². The minimum atomic E-state index is -0.204. The number of hydrogen-bond donors (Lipinski definition) is 0. The standard InChI is InChI=1S/C13H16ClF/c1-9(2)12(8-14)6-11-7-13(15)5-4-10(11)3/h4-7,9H,8H2,1-3H3/b12-6+. The predicted molar refractivity (Wildman–Crippen MR) is 64.7 cm³/mol. The summed E-state index contributed by atoms with van der Waals surface area (Å²) in [6.07, 6.45) is 1.98. The quantitative estimate of drug-likeness (QED) is 0.670. The SMILES string of the molecule is Cc1ccc(F)cc1/C=C(\CCl)C(C)C. The molecule has 0 N–H and O–H groups in total. The smallest absolute Gasteiger partial charge is 0.123 e. The Kier molecular flexibility index (Phi) is 4.34. The zero-order chi connectivity index (χ0) is 11.4. The van der Waals surface area contributed by atoms with Crippen molar-refractivity contribution < 1.29 is 4.39 Å². The van der Waals surface area contributed by atoms with Gasteiger partial charge in [0.2, 0.25) is 0 Å². The van der Waals surface area contributed by atoms with Gasteiger partial charge in [-0.15, -0.1) is 11.6 Å². The predicted octanol–water partition coefficient (Wildman–Crippen LogP) is 4.41. The molecule has 0 saturated carbocycles. The number of benzene rings is 1. The highest BCUT2D eigenvalue weighted by Gasteiger charge is 2.04. The van der Waals surface area contributed by atoms with Crippen molar-refractivity contribution >= 4 is 17.7 Å². The van der Waals surface area contributed by atoms with Crippen LogP contribution in [0.1, 0.15) is 25.0 Å². The zero-order valence-corrected chi connectivity index (χ0v) is 10.1. The van der Waals surface area contributed by atoms with Crippen molar-refractivity contribution in [3.8, 4) is 0 Å². The first kappa shape index (κ1) is 12.3. The summed E-state index contributed by atoms with van der Waals surface area (Å²) >= 11 is 5.84. The molecule has 0 nitrogen and oxygen atoms in total. The number of allylic oxidation sites excluding steroid dienone is 1. The van der Waals surface area contributed by atoms with Crippen molar-refractivity contribution in [2.45, 2.75) is 20.8 Å². The first-order chi connectivity index (χ1) is 7.04. The lowest BCUT2D eigenvalue weighted by molar-refractivity contribution is 0.627. The molecule has 0 fully saturated rings. The van der Waals surface area contributed by atoms with E-state index in [1.54, 1.807) is 12.1 Å². The van der Waals surface area contributed by atoms with E-state index in [1.807, 2.05) is 13.0 Å². The maximum Gasteiger partial charge on any atom is 0.123 e. The van der Waals surface area contributed by atoms with Crippen molar-refractivity contribution in [1.29, 1.82) is 0 Å². The van der Waals surface area contributed by atoms with Gasteiger partial charge in [0.25, 0.3) is 0 Å². The molecule has 0 spiro atoms. The van der Waals surface area contributed by atoms with Crippen LogP contribution in [0.15, 0.2) is 23.8 Å². The average molecular weight is 227 g/mol. The van der Waals surface area contributed by atoms with E-state index in [2.05, 4.69) is 13.8 Å². The highest BCUT2D eigenvalue weighted by atomic mass is 35.5. The Morgan fingerprint density at radius 2 is 2.13 bits per heavy atom. The molecule has 82 valence electrons. The van der Waals surface area contributed by atoms with Crippen molar-refractivity contribution in [1.82, 2.24) is 0 Å². The largest absolute Gasteiger partial charge is 0.207 e. The van der Waals surface area contributed by atoms with Gasteiger partial charge in [-0.2, -0.15) is 0 Å². The zero-order valence-electron chi connectivity index (χ0n) is 9.35. The molecule has 0 saturated heterocycles. The summed E-state index contributed by atoms with van der Waals surface area (Å²) < 4.78 is 13.0. The number of hydrogen-bond acceptors (Lipinski definition) is 0. The summed E-state index contributed by atoms with van der Waals surface area (Å²) in [5.41, 5.74) is 3.12. The fraction of sp³-hybridized carbons (Fsp3) is 0.385. The molecule has 0 aliphatic carbocycles. The summed E-state index contributed by atoms with van der Waals surface area (Å²) in [6, 6.07) is 4.81. The Morgan fingerprint density at radius 1 is 1.47 bits per heavy atom. The Balaban J connectivity index is 3.10.